The van der Waals surface area contributed by atoms with Crippen LogP contribution in [0.5, 0.6) is 0 Å². The predicted molar refractivity (Wildman–Crippen MR) is 57.5 cm³/mol. The first-order chi connectivity index (χ1) is 7.15. The van der Waals surface area contributed by atoms with Crippen molar-refractivity contribution in [3.05, 3.63) is 48.2 Å². The Morgan fingerprint density at radius 3 is 2.60 bits per heavy atom. The molecule has 0 bridgehead atoms. The monoisotopic (exact) mass is 206 g/mol. The van der Waals surface area contributed by atoms with Gasteiger partial charge in [0.05, 0.1) is 12.9 Å². The van der Waals surface area contributed by atoms with Gasteiger partial charge in [0.2, 0.25) is 0 Å². The zero-order valence-electron chi connectivity index (χ0n) is 8.64. The number of Topliss-reactive ketones (excluding diaryl/α,β-unsaturated/α-hetero) is 1. The first-order valence-corrected chi connectivity index (χ1v) is 4.64. The molecule has 1 N–H and O–H groups in total. The van der Waals surface area contributed by atoms with Crippen LogP contribution in [0, 0.1) is 0 Å². The van der Waals surface area contributed by atoms with Crippen molar-refractivity contribution in [1.29, 1.82) is 0 Å². The van der Waals surface area contributed by atoms with Gasteiger partial charge in [-0.3, -0.25) is 4.79 Å². The average Bonchev–Trinajstić information content (AvgIpc) is 2.29. The molecule has 0 aromatic heterocycles. The molecule has 0 saturated heterocycles. The molecule has 3 nitrogen and oxygen atoms in total. The number of rotatable bonds is 5. The van der Waals surface area contributed by atoms with E-state index >= 15 is 0 Å². The van der Waals surface area contributed by atoms with Crippen molar-refractivity contribution in [1.82, 2.24) is 0 Å². The molecule has 0 spiro atoms. The van der Waals surface area contributed by atoms with Gasteiger partial charge in [-0.05, 0) is 0 Å². The quantitative estimate of drug-likeness (QED) is 0.590. The SMILES string of the molecule is C=C(CC(O)C(=O)c1ccccc1)OC. The Morgan fingerprint density at radius 1 is 1.47 bits per heavy atom. The minimum absolute atomic E-state index is 0.129. The molecule has 15 heavy (non-hydrogen) atoms. The van der Waals surface area contributed by atoms with Crippen LogP contribution in [-0.2, 0) is 4.74 Å². The average molecular weight is 206 g/mol. The third-order valence-corrected chi connectivity index (χ3v) is 2.07. The fourth-order valence-electron chi connectivity index (χ4n) is 1.19. The highest BCUT2D eigenvalue weighted by Gasteiger charge is 2.17. The number of aliphatic hydroxyl groups is 1. The number of hydrogen-bond acceptors (Lipinski definition) is 3. The molecule has 3 heteroatoms. The number of ether oxygens (including phenoxy) is 1. The Bertz CT molecular complexity index is 343. The molecular weight excluding hydrogens is 192 g/mol. The van der Waals surface area contributed by atoms with Gasteiger partial charge in [-0.25, -0.2) is 0 Å². The van der Waals surface area contributed by atoms with Crippen LogP contribution in [0.3, 0.4) is 0 Å². The summed E-state index contributed by atoms with van der Waals surface area (Å²) in [5.41, 5.74) is 0.494. The number of ketones is 1. The highest BCUT2D eigenvalue weighted by atomic mass is 16.5. The number of hydrogen-bond donors (Lipinski definition) is 1. The fourth-order valence-corrected chi connectivity index (χ4v) is 1.19. The molecule has 0 fully saturated rings. The van der Waals surface area contributed by atoms with Crippen LogP contribution in [0.1, 0.15) is 16.8 Å². The smallest absolute Gasteiger partial charge is 0.191 e. The van der Waals surface area contributed by atoms with Crippen molar-refractivity contribution >= 4 is 5.78 Å². The summed E-state index contributed by atoms with van der Waals surface area (Å²) >= 11 is 0. The van der Waals surface area contributed by atoms with Crippen LogP contribution in [0.2, 0.25) is 0 Å². The van der Waals surface area contributed by atoms with Crippen LogP contribution < -0.4 is 0 Å². The molecule has 0 amide bonds. The molecular formula is C12H14O3. The largest absolute Gasteiger partial charge is 0.502 e. The van der Waals surface area contributed by atoms with Gasteiger partial charge >= 0.3 is 0 Å². The van der Waals surface area contributed by atoms with E-state index in [4.69, 9.17) is 4.74 Å². The number of methoxy groups -OCH3 is 1. The maximum atomic E-state index is 11.6. The topological polar surface area (TPSA) is 46.5 Å². The number of benzene rings is 1. The summed E-state index contributed by atoms with van der Waals surface area (Å²) < 4.78 is 4.80. The Morgan fingerprint density at radius 2 is 2.07 bits per heavy atom. The molecule has 0 aliphatic rings. The van der Waals surface area contributed by atoms with E-state index in [1.54, 1.807) is 24.3 Å². The summed E-state index contributed by atoms with van der Waals surface area (Å²) in [6, 6.07) is 8.66. The lowest BCUT2D eigenvalue weighted by molar-refractivity contribution is 0.0716. The van der Waals surface area contributed by atoms with E-state index in [0.29, 0.717) is 11.3 Å². The molecule has 0 saturated carbocycles. The molecule has 1 aromatic rings. The van der Waals surface area contributed by atoms with E-state index in [9.17, 15) is 9.90 Å². The van der Waals surface area contributed by atoms with E-state index in [-0.39, 0.29) is 12.2 Å². The minimum Gasteiger partial charge on any atom is -0.502 e. The second-order valence-electron chi connectivity index (χ2n) is 3.19. The fraction of sp³-hybridized carbons (Fsp3) is 0.250. The Labute approximate surface area is 89.0 Å². The maximum Gasteiger partial charge on any atom is 0.191 e. The third-order valence-electron chi connectivity index (χ3n) is 2.07. The molecule has 1 atom stereocenters. The Balaban J connectivity index is 2.65. The number of carbonyl (C=O) groups excluding carboxylic acids is 1. The molecule has 1 unspecified atom stereocenters. The van der Waals surface area contributed by atoms with Crippen molar-refractivity contribution in [2.75, 3.05) is 7.11 Å². The van der Waals surface area contributed by atoms with Crippen molar-refractivity contribution < 1.29 is 14.6 Å². The summed E-state index contributed by atoms with van der Waals surface area (Å²) in [7, 11) is 1.46. The van der Waals surface area contributed by atoms with Crippen LogP contribution in [0.25, 0.3) is 0 Å². The molecule has 0 aliphatic heterocycles. The van der Waals surface area contributed by atoms with Gasteiger partial charge in [0.25, 0.3) is 0 Å². The molecule has 80 valence electrons. The van der Waals surface area contributed by atoms with E-state index in [0.717, 1.165) is 0 Å². The minimum atomic E-state index is -1.08. The van der Waals surface area contributed by atoms with Crippen molar-refractivity contribution in [2.45, 2.75) is 12.5 Å². The molecule has 1 rings (SSSR count). The van der Waals surface area contributed by atoms with Crippen molar-refractivity contribution in [3.8, 4) is 0 Å². The van der Waals surface area contributed by atoms with Gasteiger partial charge in [0.15, 0.2) is 5.78 Å². The van der Waals surface area contributed by atoms with Gasteiger partial charge in [-0.2, -0.15) is 0 Å². The normalized spacial score (nSPS) is 11.9. The van der Waals surface area contributed by atoms with Gasteiger partial charge in [-0.1, -0.05) is 36.9 Å². The lowest BCUT2D eigenvalue weighted by atomic mass is 10.0. The van der Waals surface area contributed by atoms with E-state index in [1.807, 2.05) is 6.07 Å². The van der Waals surface area contributed by atoms with Crippen LogP contribution >= 0.6 is 0 Å². The molecule has 1 aromatic carbocycles. The summed E-state index contributed by atoms with van der Waals surface area (Å²) in [6.07, 6.45) is -0.954. The second-order valence-corrected chi connectivity index (χ2v) is 3.19. The summed E-state index contributed by atoms with van der Waals surface area (Å²) in [6.45, 7) is 3.55. The van der Waals surface area contributed by atoms with E-state index in [2.05, 4.69) is 6.58 Å². The summed E-state index contributed by atoms with van der Waals surface area (Å²) in [5, 5.41) is 9.58. The molecule has 0 heterocycles. The highest BCUT2D eigenvalue weighted by molar-refractivity contribution is 5.99. The van der Waals surface area contributed by atoms with Gasteiger partial charge in [0, 0.05) is 12.0 Å². The van der Waals surface area contributed by atoms with Crippen LogP contribution in [0.4, 0.5) is 0 Å². The van der Waals surface area contributed by atoms with Crippen molar-refractivity contribution in [3.63, 3.8) is 0 Å². The summed E-state index contributed by atoms with van der Waals surface area (Å²) in [5.74, 6) is 0.0839. The molecule has 0 radical (unpaired) electrons. The van der Waals surface area contributed by atoms with E-state index < -0.39 is 6.10 Å². The van der Waals surface area contributed by atoms with Gasteiger partial charge in [0.1, 0.15) is 6.10 Å². The van der Waals surface area contributed by atoms with E-state index in [1.165, 1.54) is 7.11 Å². The zero-order valence-corrected chi connectivity index (χ0v) is 8.64. The number of aliphatic hydroxyl groups excluding tert-OH is 1. The standard InChI is InChI=1S/C12H14O3/c1-9(15-2)8-11(13)12(14)10-6-4-3-5-7-10/h3-7,11,13H,1,8H2,2H3. The second kappa shape index (κ2) is 5.32. The lowest BCUT2D eigenvalue weighted by Gasteiger charge is -2.10. The van der Waals surface area contributed by atoms with Gasteiger partial charge in [-0.15, -0.1) is 0 Å². The van der Waals surface area contributed by atoms with Gasteiger partial charge < -0.3 is 9.84 Å². The van der Waals surface area contributed by atoms with Crippen LogP contribution in [-0.4, -0.2) is 24.1 Å². The lowest BCUT2D eigenvalue weighted by Crippen LogP contribution is -2.21. The Kier molecular flexibility index (Phi) is 4.06. The molecule has 0 aliphatic carbocycles. The highest BCUT2D eigenvalue weighted by Crippen LogP contribution is 2.10. The van der Waals surface area contributed by atoms with Crippen LogP contribution in [0.15, 0.2) is 42.7 Å². The summed E-state index contributed by atoms with van der Waals surface area (Å²) in [4.78, 5) is 11.6. The number of carbonyl (C=O) groups is 1. The van der Waals surface area contributed by atoms with Crippen molar-refractivity contribution in [2.24, 2.45) is 0 Å². The predicted octanol–water partition coefficient (Wildman–Crippen LogP) is 1.78. The third kappa shape index (κ3) is 3.22. The maximum absolute atomic E-state index is 11.6. The zero-order chi connectivity index (χ0) is 11.3. The first kappa shape index (κ1) is 11.5. The first-order valence-electron chi connectivity index (χ1n) is 4.64. The Hall–Kier alpha value is -1.61.